The van der Waals surface area contributed by atoms with Crippen molar-refractivity contribution in [2.75, 3.05) is 13.2 Å². The summed E-state index contributed by atoms with van der Waals surface area (Å²) in [5, 5.41) is 0. The Kier molecular flexibility index (Phi) is 53.4. The van der Waals surface area contributed by atoms with Gasteiger partial charge in [0.1, 0.15) is 13.2 Å². The maximum absolute atomic E-state index is 12.8. The molecule has 392 valence electrons. The van der Waals surface area contributed by atoms with Crippen LogP contribution in [0.3, 0.4) is 0 Å². The number of hydrogen-bond acceptors (Lipinski definition) is 6. The second-order valence-corrected chi connectivity index (χ2v) is 18.4. The summed E-state index contributed by atoms with van der Waals surface area (Å²) in [5.74, 6) is -1.01. The summed E-state index contributed by atoms with van der Waals surface area (Å²) in [5.41, 5.74) is 0. The third kappa shape index (κ3) is 54.9. The summed E-state index contributed by atoms with van der Waals surface area (Å²) in [7, 11) is 0. The lowest BCUT2D eigenvalue weighted by molar-refractivity contribution is -0.166. The largest absolute Gasteiger partial charge is 0.462 e. The van der Waals surface area contributed by atoms with Gasteiger partial charge in [-0.15, -0.1) is 0 Å². The molecule has 0 aromatic carbocycles. The zero-order valence-corrected chi connectivity index (χ0v) is 44.8. The second-order valence-electron chi connectivity index (χ2n) is 18.4. The van der Waals surface area contributed by atoms with Gasteiger partial charge in [-0.1, -0.05) is 252 Å². The van der Waals surface area contributed by atoms with E-state index in [1.165, 1.54) is 89.9 Å². The summed E-state index contributed by atoms with van der Waals surface area (Å²) < 4.78 is 16.8. The predicted octanol–water partition coefficient (Wildman–Crippen LogP) is 19.1. The molecular formula is C63H104O6. The van der Waals surface area contributed by atoms with Gasteiger partial charge in [0.15, 0.2) is 6.10 Å². The van der Waals surface area contributed by atoms with Crippen molar-refractivity contribution in [3.63, 3.8) is 0 Å². The van der Waals surface area contributed by atoms with E-state index in [1.54, 1.807) is 0 Å². The van der Waals surface area contributed by atoms with E-state index in [1.807, 2.05) is 6.08 Å². The van der Waals surface area contributed by atoms with Crippen molar-refractivity contribution in [2.24, 2.45) is 0 Å². The lowest BCUT2D eigenvalue weighted by Crippen LogP contribution is -2.30. The van der Waals surface area contributed by atoms with E-state index in [4.69, 9.17) is 14.2 Å². The fourth-order valence-corrected chi connectivity index (χ4v) is 7.60. The van der Waals surface area contributed by atoms with Crippen LogP contribution in [0.2, 0.25) is 0 Å². The summed E-state index contributed by atoms with van der Waals surface area (Å²) in [6, 6.07) is 0. The highest BCUT2D eigenvalue weighted by Gasteiger charge is 2.19. The number of carbonyl (C=O) groups excluding carboxylic acids is 3. The van der Waals surface area contributed by atoms with Gasteiger partial charge in [0.05, 0.1) is 0 Å². The van der Waals surface area contributed by atoms with Gasteiger partial charge in [-0.2, -0.15) is 0 Å². The van der Waals surface area contributed by atoms with Crippen LogP contribution in [-0.4, -0.2) is 37.2 Å². The predicted molar refractivity (Wildman–Crippen MR) is 297 cm³/mol. The molecule has 0 aromatic rings. The van der Waals surface area contributed by atoms with Gasteiger partial charge in [0.2, 0.25) is 0 Å². The molecule has 69 heavy (non-hydrogen) atoms. The summed E-state index contributed by atoms with van der Waals surface area (Å²) in [6.45, 7) is 6.34. The Bertz CT molecular complexity index is 1420. The van der Waals surface area contributed by atoms with E-state index in [0.29, 0.717) is 19.3 Å². The molecule has 0 aliphatic rings. The molecule has 0 saturated heterocycles. The van der Waals surface area contributed by atoms with Crippen LogP contribution in [0.5, 0.6) is 0 Å². The molecule has 0 bridgehead atoms. The van der Waals surface area contributed by atoms with E-state index >= 15 is 0 Å². The van der Waals surface area contributed by atoms with Crippen LogP contribution in [0.15, 0.2) is 109 Å². The van der Waals surface area contributed by atoms with E-state index in [2.05, 4.69) is 124 Å². The topological polar surface area (TPSA) is 78.9 Å². The van der Waals surface area contributed by atoms with Crippen LogP contribution in [0, 0.1) is 0 Å². The van der Waals surface area contributed by atoms with E-state index in [0.717, 1.165) is 116 Å². The van der Waals surface area contributed by atoms with Crippen LogP contribution in [-0.2, 0) is 28.6 Å². The first-order chi connectivity index (χ1) is 34.0. The molecule has 1 atom stereocenters. The number of carbonyl (C=O) groups is 3. The molecule has 1 unspecified atom stereocenters. The minimum absolute atomic E-state index is 0.110. The maximum Gasteiger partial charge on any atom is 0.306 e. The van der Waals surface area contributed by atoms with E-state index in [9.17, 15) is 14.4 Å². The molecule has 0 fully saturated rings. The molecule has 0 radical (unpaired) electrons. The lowest BCUT2D eigenvalue weighted by Gasteiger charge is -2.18. The average Bonchev–Trinajstić information content (AvgIpc) is 3.35. The average molecular weight is 958 g/mol. The fourth-order valence-electron chi connectivity index (χ4n) is 7.60. The van der Waals surface area contributed by atoms with E-state index < -0.39 is 6.10 Å². The molecule has 0 saturated carbocycles. The molecule has 0 spiro atoms. The minimum atomic E-state index is -0.815. The van der Waals surface area contributed by atoms with Gasteiger partial charge in [0.25, 0.3) is 0 Å². The van der Waals surface area contributed by atoms with Crippen LogP contribution in [0.1, 0.15) is 252 Å². The van der Waals surface area contributed by atoms with Gasteiger partial charge in [-0.3, -0.25) is 14.4 Å². The molecule has 0 aromatic heterocycles. The van der Waals surface area contributed by atoms with Crippen molar-refractivity contribution in [1.29, 1.82) is 0 Å². The first kappa shape index (κ1) is 65.1. The third-order valence-corrected chi connectivity index (χ3v) is 11.8. The molecule has 6 nitrogen and oxygen atoms in total. The Morgan fingerprint density at radius 3 is 0.971 bits per heavy atom. The monoisotopic (exact) mass is 957 g/mol. The first-order valence-corrected chi connectivity index (χ1v) is 28.4. The van der Waals surface area contributed by atoms with Crippen molar-refractivity contribution in [1.82, 2.24) is 0 Å². The molecule has 0 rings (SSSR count). The Morgan fingerprint density at radius 1 is 0.304 bits per heavy atom. The summed E-state index contributed by atoms with van der Waals surface area (Å²) in [6.07, 6.45) is 76.6. The Hall–Kier alpha value is -3.93. The third-order valence-electron chi connectivity index (χ3n) is 11.8. The zero-order chi connectivity index (χ0) is 50.0. The van der Waals surface area contributed by atoms with Crippen molar-refractivity contribution in [3.8, 4) is 0 Å². The number of unbranched alkanes of at least 4 members (excludes halogenated alkanes) is 21. The molecular weight excluding hydrogens is 853 g/mol. The first-order valence-electron chi connectivity index (χ1n) is 28.4. The van der Waals surface area contributed by atoms with Gasteiger partial charge < -0.3 is 14.2 Å². The SMILES string of the molecule is CC/C=C\C/C=C\C/C=C\C/C=C\C/C=C\CCCCCCCC(=O)OCC(COC(=O)CC/C=C\C/C=C\C/C=C\C/C=C\CC)OC(=O)CCCCCCCCCCCCCCCCCCC. The Morgan fingerprint density at radius 2 is 0.594 bits per heavy atom. The Balaban J connectivity index is 4.46. The number of allylic oxidation sites excluding steroid dienone is 18. The molecule has 0 N–H and O–H groups in total. The van der Waals surface area contributed by atoms with Gasteiger partial charge in [0, 0.05) is 19.3 Å². The summed E-state index contributed by atoms with van der Waals surface area (Å²) in [4.78, 5) is 38.1. The highest BCUT2D eigenvalue weighted by Crippen LogP contribution is 2.15. The standard InChI is InChI=1S/C63H104O6/c1-4-7-10-13-16-19-22-25-27-29-30-31-32-34-35-38-41-44-47-50-53-56-62(65)68-59-60(58-67-61(64)55-52-49-46-43-40-37-24-21-18-15-12-9-6-3)69-63(66)57-54-51-48-45-42-39-36-33-28-26-23-20-17-14-11-8-5-2/h7,9-10,12,16,18-19,21,25,27,30-31,34-35,37,40,46,49,60H,4-6,8,11,13-15,17,20,22-24,26,28-29,32-33,36,38-39,41-45,47-48,50-59H2,1-3H3/b10-7-,12-9-,19-16-,21-18-,27-25-,31-30-,35-34-,40-37-,49-46-. The van der Waals surface area contributed by atoms with Crippen molar-refractivity contribution >= 4 is 17.9 Å². The minimum Gasteiger partial charge on any atom is -0.462 e. The highest BCUT2D eigenvalue weighted by atomic mass is 16.6. The fraction of sp³-hybridized carbons (Fsp3) is 0.667. The summed E-state index contributed by atoms with van der Waals surface area (Å²) >= 11 is 0. The molecule has 6 heteroatoms. The van der Waals surface area contributed by atoms with E-state index in [-0.39, 0.29) is 37.5 Å². The van der Waals surface area contributed by atoms with Crippen LogP contribution >= 0.6 is 0 Å². The smallest absolute Gasteiger partial charge is 0.306 e. The quantitative estimate of drug-likeness (QED) is 0.0262. The normalized spacial score (nSPS) is 12.9. The molecule has 0 aliphatic carbocycles. The van der Waals surface area contributed by atoms with Crippen molar-refractivity contribution in [3.05, 3.63) is 109 Å². The van der Waals surface area contributed by atoms with Crippen molar-refractivity contribution in [2.45, 2.75) is 258 Å². The van der Waals surface area contributed by atoms with Crippen LogP contribution < -0.4 is 0 Å². The van der Waals surface area contributed by atoms with Crippen molar-refractivity contribution < 1.29 is 28.6 Å². The number of rotatable bonds is 50. The molecule has 0 amide bonds. The molecule has 0 heterocycles. The highest BCUT2D eigenvalue weighted by molar-refractivity contribution is 5.71. The number of esters is 3. The van der Waals surface area contributed by atoms with Gasteiger partial charge in [-0.25, -0.2) is 0 Å². The number of hydrogen-bond donors (Lipinski definition) is 0. The second kappa shape index (κ2) is 56.7. The van der Waals surface area contributed by atoms with Gasteiger partial charge in [-0.05, 0) is 89.9 Å². The van der Waals surface area contributed by atoms with Crippen LogP contribution in [0.25, 0.3) is 0 Å². The molecule has 0 aliphatic heterocycles. The van der Waals surface area contributed by atoms with Crippen LogP contribution in [0.4, 0.5) is 0 Å². The Labute approximate surface area is 425 Å². The maximum atomic E-state index is 12.8. The lowest BCUT2D eigenvalue weighted by atomic mass is 10.0. The zero-order valence-electron chi connectivity index (χ0n) is 44.8. The van der Waals surface area contributed by atoms with Gasteiger partial charge >= 0.3 is 17.9 Å². The number of ether oxygens (including phenoxy) is 3.